The van der Waals surface area contributed by atoms with Crippen LogP contribution in [0.15, 0.2) is 108 Å². The van der Waals surface area contributed by atoms with Crippen LogP contribution in [-0.2, 0) is 20.1 Å². The van der Waals surface area contributed by atoms with Gasteiger partial charge in [0.05, 0.1) is 17.2 Å². The van der Waals surface area contributed by atoms with E-state index in [0.29, 0.717) is 5.56 Å². The molecule has 6 rings (SSSR count). The Morgan fingerprint density at radius 1 is 0.735 bits per heavy atom. The molecule has 34 heavy (non-hydrogen) atoms. The van der Waals surface area contributed by atoms with Crippen LogP contribution in [0.5, 0.6) is 0 Å². The molecule has 1 radical (unpaired) electrons. The Balaban J connectivity index is 0.000000180. The van der Waals surface area contributed by atoms with E-state index in [2.05, 4.69) is 28.2 Å². The molecule has 0 atom stereocenters. The van der Waals surface area contributed by atoms with Gasteiger partial charge in [-0.3, -0.25) is 0 Å². The van der Waals surface area contributed by atoms with Gasteiger partial charge in [-0.25, -0.2) is 0 Å². The van der Waals surface area contributed by atoms with Gasteiger partial charge in [0.2, 0.25) is 0 Å². The Hall–Kier alpha value is -4.10. The predicted molar refractivity (Wildman–Crippen MR) is 129 cm³/mol. The Bertz CT molecular complexity index is 1520. The van der Waals surface area contributed by atoms with Crippen molar-refractivity contribution in [1.29, 1.82) is 5.26 Å². The van der Waals surface area contributed by atoms with Crippen molar-refractivity contribution in [3.63, 3.8) is 0 Å². The molecule has 6 aromatic rings. The number of nitriles is 1. The van der Waals surface area contributed by atoms with Crippen LogP contribution in [0.1, 0.15) is 5.56 Å². The first kappa shape index (κ1) is 23.1. The van der Waals surface area contributed by atoms with Crippen molar-refractivity contribution in [2.45, 2.75) is 0 Å². The summed E-state index contributed by atoms with van der Waals surface area (Å²) in [6.45, 7) is 0. The molecular weight excluding hydrogens is 599 g/mol. The smallest absolute Gasteiger partial charge is 0.121 e. The van der Waals surface area contributed by atoms with Crippen LogP contribution in [0, 0.1) is 23.5 Å². The largest absolute Gasteiger partial charge is 0.501 e. The molecular formula is C29H17IrN3O-2. The zero-order chi connectivity index (χ0) is 22.5. The third-order valence-corrected chi connectivity index (χ3v) is 5.13. The summed E-state index contributed by atoms with van der Waals surface area (Å²) in [6, 6.07) is 37.2. The summed E-state index contributed by atoms with van der Waals surface area (Å²) >= 11 is 0. The van der Waals surface area contributed by atoms with Crippen LogP contribution >= 0.6 is 0 Å². The van der Waals surface area contributed by atoms with Gasteiger partial charge in [0, 0.05) is 37.9 Å². The Labute approximate surface area is 210 Å². The second-order valence-electron chi connectivity index (χ2n) is 7.23. The van der Waals surface area contributed by atoms with Crippen LogP contribution in [0.3, 0.4) is 0 Å². The minimum atomic E-state index is 0. The molecule has 0 bridgehead atoms. The molecule has 3 aromatic carbocycles. The van der Waals surface area contributed by atoms with Gasteiger partial charge in [-0.1, -0.05) is 35.2 Å². The van der Waals surface area contributed by atoms with Crippen LogP contribution in [0.2, 0.25) is 0 Å². The zero-order valence-electron chi connectivity index (χ0n) is 17.9. The molecule has 0 N–H and O–H groups in total. The first-order valence-electron chi connectivity index (χ1n) is 10.4. The number of fused-ring (bicyclic) bond motifs is 3. The minimum Gasteiger partial charge on any atom is -0.501 e. The molecule has 3 aromatic heterocycles. The SMILES string of the molecule is N#Cc1ccc2oc3c(-c4ccccn4)[c-]ccc3c2c1.[Ir].[c-]1ccccc1-c1ccccn1. The van der Waals surface area contributed by atoms with Crippen molar-refractivity contribution < 1.29 is 24.5 Å². The van der Waals surface area contributed by atoms with Gasteiger partial charge in [-0.05, 0) is 41.7 Å². The fourth-order valence-corrected chi connectivity index (χ4v) is 3.59. The van der Waals surface area contributed by atoms with Gasteiger partial charge in [0.25, 0.3) is 0 Å². The Morgan fingerprint density at radius 3 is 2.18 bits per heavy atom. The molecule has 165 valence electrons. The van der Waals surface area contributed by atoms with Gasteiger partial charge in [-0.15, -0.1) is 54.1 Å². The van der Waals surface area contributed by atoms with Gasteiger partial charge < -0.3 is 14.4 Å². The number of rotatable bonds is 2. The topological polar surface area (TPSA) is 62.7 Å². The average Bonchev–Trinajstić information content (AvgIpc) is 3.28. The first-order chi connectivity index (χ1) is 16.3. The maximum Gasteiger partial charge on any atom is 0.121 e. The number of hydrogen-bond acceptors (Lipinski definition) is 4. The van der Waals surface area contributed by atoms with E-state index >= 15 is 0 Å². The third kappa shape index (κ3) is 4.79. The summed E-state index contributed by atoms with van der Waals surface area (Å²) in [5.74, 6) is 0. The normalized spacial score (nSPS) is 10.1. The van der Waals surface area contributed by atoms with Crippen molar-refractivity contribution in [1.82, 2.24) is 9.97 Å². The van der Waals surface area contributed by atoms with Gasteiger partial charge in [-0.2, -0.15) is 5.26 Å². The quantitative estimate of drug-likeness (QED) is 0.200. The van der Waals surface area contributed by atoms with Crippen molar-refractivity contribution in [3.8, 4) is 28.6 Å². The standard InChI is InChI=1S/C18H9N2O.C11H8N.Ir/c19-11-12-7-8-17-15(10-12)13-4-3-5-14(18(13)21-17)16-6-1-2-9-20-16;1-2-6-10(7-3-1)11-8-4-5-9-12-11;/h1-4,6-10H;1-6,8-9H;/q2*-1;. The van der Waals surface area contributed by atoms with E-state index < -0.39 is 0 Å². The summed E-state index contributed by atoms with van der Waals surface area (Å²) in [5, 5.41) is 11.0. The van der Waals surface area contributed by atoms with Crippen LogP contribution < -0.4 is 0 Å². The Morgan fingerprint density at radius 2 is 1.50 bits per heavy atom. The molecule has 0 unspecified atom stereocenters. The number of aromatic nitrogens is 2. The molecule has 0 aliphatic heterocycles. The maximum absolute atomic E-state index is 9.04. The van der Waals surface area contributed by atoms with E-state index in [1.165, 1.54) is 0 Å². The van der Waals surface area contributed by atoms with E-state index in [9.17, 15) is 0 Å². The maximum atomic E-state index is 9.04. The van der Waals surface area contributed by atoms with Crippen LogP contribution in [0.25, 0.3) is 44.5 Å². The molecule has 0 amide bonds. The molecule has 0 saturated carbocycles. The molecule has 5 heteroatoms. The fraction of sp³-hybridized carbons (Fsp3) is 0. The van der Waals surface area contributed by atoms with Crippen LogP contribution in [0.4, 0.5) is 0 Å². The van der Waals surface area contributed by atoms with E-state index in [0.717, 1.165) is 44.5 Å². The number of hydrogen-bond donors (Lipinski definition) is 0. The molecule has 0 aliphatic carbocycles. The summed E-state index contributed by atoms with van der Waals surface area (Å²) < 4.78 is 5.96. The van der Waals surface area contributed by atoms with Crippen molar-refractivity contribution in [3.05, 3.63) is 121 Å². The summed E-state index contributed by atoms with van der Waals surface area (Å²) in [6.07, 6.45) is 3.54. The summed E-state index contributed by atoms with van der Waals surface area (Å²) in [5.41, 5.74) is 5.81. The average molecular weight is 616 g/mol. The number of nitrogens with zero attached hydrogens (tertiary/aromatic N) is 3. The van der Waals surface area contributed by atoms with Crippen molar-refractivity contribution >= 4 is 21.9 Å². The second kappa shape index (κ2) is 10.7. The predicted octanol–water partition coefficient (Wildman–Crippen LogP) is 6.87. The van der Waals surface area contributed by atoms with Gasteiger partial charge in [0.1, 0.15) is 5.58 Å². The molecule has 3 heterocycles. The third-order valence-electron chi connectivity index (χ3n) is 5.13. The monoisotopic (exact) mass is 616 g/mol. The van der Waals surface area contributed by atoms with Gasteiger partial charge >= 0.3 is 0 Å². The van der Waals surface area contributed by atoms with Crippen molar-refractivity contribution in [2.75, 3.05) is 0 Å². The molecule has 0 aliphatic rings. The Kier molecular flexibility index (Phi) is 7.25. The number of pyridine rings is 2. The first-order valence-corrected chi connectivity index (χ1v) is 10.4. The van der Waals surface area contributed by atoms with Gasteiger partial charge in [0.15, 0.2) is 0 Å². The summed E-state index contributed by atoms with van der Waals surface area (Å²) in [4.78, 5) is 8.58. The van der Waals surface area contributed by atoms with E-state index in [1.807, 2.05) is 84.9 Å². The zero-order valence-corrected chi connectivity index (χ0v) is 20.3. The molecule has 0 fully saturated rings. The minimum absolute atomic E-state index is 0. The van der Waals surface area contributed by atoms with Crippen molar-refractivity contribution in [2.24, 2.45) is 0 Å². The van der Waals surface area contributed by atoms with Crippen LogP contribution in [-0.4, -0.2) is 9.97 Å². The van der Waals surface area contributed by atoms with E-state index in [-0.39, 0.29) is 20.1 Å². The van der Waals surface area contributed by atoms with E-state index in [4.69, 9.17) is 9.68 Å². The molecule has 0 saturated heterocycles. The number of furan rings is 1. The van der Waals surface area contributed by atoms with E-state index in [1.54, 1.807) is 18.5 Å². The molecule has 4 nitrogen and oxygen atoms in total. The second-order valence-corrected chi connectivity index (χ2v) is 7.23. The fourth-order valence-electron chi connectivity index (χ4n) is 3.59. The summed E-state index contributed by atoms with van der Waals surface area (Å²) in [7, 11) is 0. The molecule has 0 spiro atoms. The number of benzene rings is 3.